The van der Waals surface area contributed by atoms with Gasteiger partial charge in [0.05, 0.1) is 5.25 Å². The van der Waals surface area contributed by atoms with E-state index in [0.717, 1.165) is 16.7 Å². The number of tetrazole rings is 1. The largest absolute Gasteiger partial charge is 0.325 e. The van der Waals surface area contributed by atoms with Gasteiger partial charge in [-0.3, -0.25) is 4.79 Å². The monoisotopic (exact) mass is 383 g/mol. The standard InChI is InChI=1S/C14H18BrN5OS/c1-9(2)8-20-14(17-18-19-20)22-10(3)13(21)16-12-6-4-11(15)5-7-12/h4-7,9-10H,8H2,1-3H3,(H,16,21). The van der Waals surface area contributed by atoms with Crippen molar-refractivity contribution < 1.29 is 4.79 Å². The molecule has 0 fully saturated rings. The average molecular weight is 384 g/mol. The highest BCUT2D eigenvalue weighted by atomic mass is 79.9. The Kier molecular flexibility index (Phi) is 5.96. The summed E-state index contributed by atoms with van der Waals surface area (Å²) < 4.78 is 2.71. The molecule has 2 rings (SSSR count). The maximum Gasteiger partial charge on any atom is 0.237 e. The second-order valence-electron chi connectivity index (χ2n) is 5.29. The molecule has 0 bridgehead atoms. The smallest absolute Gasteiger partial charge is 0.237 e. The van der Waals surface area contributed by atoms with Crippen molar-refractivity contribution >= 4 is 39.3 Å². The number of anilines is 1. The minimum atomic E-state index is -0.291. The van der Waals surface area contributed by atoms with Crippen molar-refractivity contribution in [2.24, 2.45) is 5.92 Å². The maximum absolute atomic E-state index is 12.2. The van der Waals surface area contributed by atoms with E-state index >= 15 is 0 Å². The number of aromatic nitrogens is 4. The molecule has 22 heavy (non-hydrogen) atoms. The Hall–Kier alpha value is -1.41. The molecule has 0 aliphatic heterocycles. The Bertz CT molecular complexity index is 628. The van der Waals surface area contributed by atoms with Crippen LogP contribution in [0.5, 0.6) is 0 Å². The van der Waals surface area contributed by atoms with Crippen LogP contribution in [-0.2, 0) is 11.3 Å². The summed E-state index contributed by atoms with van der Waals surface area (Å²) in [6.07, 6.45) is 0. The highest BCUT2D eigenvalue weighted by Gasteiger charge is 2.19. The van der Waals surface area contributed by atoms with Crippen molar-refractivity contribution in [3.63, 3.8) is 0 Å². The first-order valence-corrected chi connectivity index (χ1v) is 8.62. The molecule has 2 aromatic rings. The van der Waals surface area contributed by atoms with Gasteiger partial charge in [-0.2, -0.15) is 0 Å². The molecule has 1 heterocycles. The van der Waals surface area contributed by atoms with Gasteiger partial charge in [0.15, 0.2) is 0 Å². The highest BCUT2D eigenvalue weighted by Crippen LogP contribution is 2.22. The zero-order valence-electron chi connectivity index (χ0n) is 12.7. The van der Waals surface area contributed by atoms with E-state index in [4.69, 9.17) is 0 Å². The lowest BCUT2D eigenvalue weighted by atomic mass is 10.2. The second-order valence-corrected chi connectivity index (χ2v) is 7.52. The Morgan fingerprint density at radius 2 is 2.00 bits per heavy atom. The molecule has 6 nitrogen and oxygen atoms in total. The van der Waals surface area contributed by atoms with Gasteiger partial charge in [-0.25, -0.2) is 4.68 Å². The Labute approximate surface area is 142 Å². The molecular weight excluding hydrogens is 366 g/mol. The number of amides is 1. The number of benzene rings is 1. The zero-order valence-corrected chi connectivity index (χ0v) is 15.1. The first-order chi connectivity index (χ1) is 10.5. The first-order valence-electron chi connectivity index (χ1n) is 6.95. The van der Waals surface area contributed by atoms with E-state index in [-0.39, 0.29) is 11.2 Å². The molecule has 1 amide bonds. The van der Waals surface area contributed by atoms with E-state index in [0.29, 0.717) is 11.1 Å². The van der Waals surface area contributed by atoms with Gasteiger partial charge in [0.2, 0.25) is 11.1 Å². The predicted octanol–water partition coefficient (Wildman–Crippen LogP) is 3.21. The molecule has 0 aliphatic carbocycles. The molecule has 1 aromatic carbocycles. The molecule has 1 N–H and O–H groups in total. The number of hydrogen-bond acceptors (Lipinski definition) is 5. The molecule has 0 radical (unpaired) electrons. The minimum Gasteiger partial charge on any atom is -0.325 e. The number of hydrogen-bond donors (Lipinski definition) is 1. The quantitative estimate of drug-likeness (QED) is 0.775. The third kappa shape index (κ3) is 4.81. The molecule has 0 spiro atoms. The SMILES string of the molecule is CC(C)Cn1nnnc1SC(C)C(=O)Nc1ccc(Br)cc1. The van der Waals surface area contributed by atoms with Crippen LogP contribution >= 0.6 is 27.7 Å². The van der Waals surface area contributed by atoms with Gasteiger partial charge >= 0.3 is 0 Å². The lowest BCUT2D eigenvalue weighted by molar-refractivity contribution is -0.115. The van der Waals surface area contributed by atoms with E-state index in [9.17, 15) is 4.79 Å². The summed E-state index contributed by atoms with van der Waals surface area (Å²) in [6.45, 7) is 6.77. The number of halogens is 1. The summed E-state index contributed by atoms with van der Waals surface area (Å²) >= 11 is 4.72. The summed E-state index contributed by atoms with van der Waals surface area (Å²) in [5.41, 5.74) is 0.766. The Morgan fingerprint density at radius 1 is 1.32 bits per heavy atom. The van der Waals surface area contributed by atoms with Crippen LogP contribution < -0.4 is 5.32 Å². The molecule has 118 valence electrons. The summed E-state index contributed by atoms with van der Waals surface area (Å²) in [4.78, 5) is 12.2. The lowest BCUT2D eigenvalue weighted by Gasteiger charge is -2.12. The molecule has 1 aromatic heterocycles. The van der Waals surface area contributed by atoms with E-state index < -0.39 is 0 Å². The van der Waals surface area contributed by atoms with Crippen LogP contribution in [0.15, 0.2) is 33.9 Å². The second kappa shape index (κ2) is 7.73. The fourth-order valence-corrected chi connectivity index (χ4v) is 2.79. The summed E-state index contributed by atoms with van der Waals surface area (Å²) in [5, 5.41) is 14.9. The van der Waals surface area contributed by atoms with E-state index in [1.54, 1.807) is 4.68 Å². The average Bonchev–Trinajstić information content (AvgIpc) is 2.87. The van der Waals surface area contributed by atoms with Crippen LogP contribution in [0.2, 0.25) is 0 Å². The molecule has 0 aliphatic rings. The van der Waals surface area contributed by atoms with Gasteiger partial charge < -0.3 is 5.32 Å². The highest BCUT2D eigenvalue weighted by molar-refractivity contribution is 9.10. The third-order valence-corrected chi connectivity index (χ3v) is 4.40. The first kappa shape index (κ1) is 17.0. The van der Waals surface area contributed by atoms with Gasteiger partial charge in [0.25, 0.3) is 0 Å². The molecule has 1 atom stereocenters. The molecule has 0 saturated heterocycles. The van der Waals surface area contributed by atoms with Crippen LogP contribution in [0.3, 0.4) is 0 Å². The number of thioether (sulfide) groups is 1. The van der Waals surface area contributed by atoms with Crippen molar-refractivity contribution in [3.05, 3.63) is 28.7 Å². The van der Waals surface area contributed by atoms with Crippen molar-refractivity contribution in [1.82, 2.24) is 20.2 Å². The van der Waals surface area contributed by atoms with Crippen LogP contribution in [0.25, 0.3) is 0 Å². The fraction of sp³-hybridized carbons (Fsp3) is 0.429. The minimum absolute atomic E-state index is 0.0774. The van der Waals surface area contributed by atoms with E-state index in [2.05, 4.69) is 50.6 Å². The van der Waals surface area contributed by atoms with Gasteiger partial charge in [-0.1, -0.05) is 41.5 Å². The van der Waals surface area contributed by atoms with Gasteiger partial charge in [0, 0.05) is 16.7 Å². The van der Waals surface area contributed by atoms with Crippen molar-refractivity contribution in [2.45, 2.75) is 37.7 Å². The summed E-state index contributed by atoms with van der Waals surface area (Å²) in [7, 11) is 0. The van der Waals surface area contributed by atoms with Crippen molar-refractivity contribution in [3.8, 4) is 0 Å². The van der Waals surface area contributed by atoms with E-state index in [1.807, 2.05) is 31.2 Å². The van der Waals surface area contributed by atoms with Crippen LogP contribution in [0.1, 0.15) is 20.8 Å². The number of carbonyl (C=O) groups is 1. The topological polar surface area (TPSA) is 72.7 Å². The fourth-order valence-electron chi connectivity index (χ4n) is 1.73. The van der Waals surface area contributed by atoms with Crippen LogP contribution in [0, 0.1) is 5.92 Å². The Balaban J connectivity index is 1.96. The summed E-state index contributed by atoms with van der Waals surface area (Å²) in [5.74, 6) is 0.362. The number of nitrogens with one attached hydrogen (secondary N) is 1. The zero-order chi connectivity index (χ0) is 16.1. The van der Waals surface area contributed by atoms with Gasteiger partial charge in [0.1, 0.15) is 0 Å². The number of rotatable bonds is 6. The van der Waals surface area contributed by atoms with Gasteiger partial charge in [-0.05, 0) is 47.5 Å². The van der Waals surface area contributed by atoms with Crippen LogP contribution in [0.4, 0.5) is 5.69 Å². The maximum atomic E-state index is 12.2. The van der Waals surface area contributed by atoms with Gasteiger partial charge in [-0.15, -0.1) is 5.10 Å². The predicted molar refractivity (Wildman–Crippen MR) is 90.7 cm³/mol. The van der Waals surface area contributed by atoms with Crippen molar-refractivity contribution in [2.75, 3.05) is 5.32 Å². The number of nitrogens with zero attached hydrogens (tertiary/aromatic N) is 4. The summed E-state index contributed by atoms with van der Waals surface area (Å²) in [6, 6.07) is 7.47. The van der Waals surface area contributed by atoms with Crippen LogP contribution in [-0.4, -0.2) is 31.4 Å². The number of carbonyl (C=O) groups excluding carboxylic acids is 1. The third-order valence-electron chi connectivity index (χ3n) is 2.80. The van der Waals surface area contributed by atoms with E-state index in [1.165, 1.54) is 11.8 Å². The molecular formula is C14H18BrN5OS. The molecule has 8 heteroatoms. The molecule has 0 saturated carbocycles. The van der Waals surface area contributed by atoms with Crippen molar-refractivity contribution in [1.29, 1.82) is 0 Å². The lowest BCUT2D eigenvalue weighted by Crippen LogP contribution is -2.23. The molecule has 1 unspecified atom stereocenters. The Morgan fingerprint density at radius 3 is 2.64 bits per heavy atom. The normalized spacial score (nSPS) is 12.4.